The van der Waals surface area contributed by atoms with Gasteiger partial charge in [0.1, 0.15) is 5.82 Å². The molecule has 0 amide bonds. The van der Waals surface area contributed by atoms with Gasteiger partial charge in [-0.25, -0.2) is 4.98 Å². The summed E-state index contributed by atoms with van der Waals surface area (Å²) in [5.41, 5.74) is 2.01. The molecule has 2 heterocycles. The molecule has 0 aliphatic carbocycles. The maximum Gasteiger partial charge on any atom is 0.416 e. The lowest BCUT2D eigenvalue weighted by molar-refractivity contribution is -0.137. The molecule has 2 aromatic carbocycles. The van der Waals surface area contributed by atoms with Crippen molar-refractivity contribution in [3.8, 4) is 11.4 Å². The number of aromatic nitrogens is 2. The van der Waals surface area contributed by atoms with Gasteiger partial charge in [-0.1, -0.05) is 24.3 Å². The Morgan fingerprint density at radius 3 is 2.43 bits per heavy atom. The van der Waals surface area contributed by atoms with Crippen LogP contribution in [0.3, 0.4) is 0 Å². The van der Waals surface area contributed by atoms with Crippen LogP contribution in [0, 0.1) is 0 Å². The van der Waals surface area contributed by atoms with Crippen LogP contribution >= 0.6 is 11.8 Å². The van der Waals surface area contributed by atoms with Gasteiger partial charge in [-0.15, -0.1) is 11.8 Å². The van der Waals surface area contributed by atoms with Crippen molar-refractivity contribution in [2.45, 2.75) is 30.6 Å². The highest BCUT2D eigenvalue weighted by atomic mass is 32.2. The van der Waals surface area contributed by atoms with E-state index in [4.69, 9.17) is 0 Å². The molecule has 4 rings (SSSR count). The number of fused-ring (bicyclic) bond motifs is 1. The molecule has 0 fully saturated rings. The second kappa shape index (κ2) is 8.28. The van der Waals surface area contributed by atoms with Crippen molar-refractivity contribution in [1.29, 1.82) is 0 Å². The summed E-state index contributed by atoms with van der Waals surface area (Å²) in [5.74, 6) is 0.300. The summed E-state index contributed by atoms with van der Waals surface area (Å²) in [5, 5.41) is 0. The molecule has 0 unspecified atom stereocenters. The molecule has 0 spiro atoms. The summed E-state index contributed by atoms with van der Waals surface area (Å²) in [6.45, 7) is 2.00. The van der Waals surface area contributed by atoms with Gasteiger partial charge in [-0.2, -0.15) is 13.2 Å². The van der Waals surface area contributed by atoms with Gasteiger partial charge in [-0.05, 0) is 36.1 Å². The lowest BCUT2D eigenvalue weighted by Crippen LogP contribution is -2.35. The Bertz CT molecular complexity index is 1090. The molecule has 0 radical (unpaired) electrons. The summed E-state index contributed by atoms with van der Waals surface area (Å²) in [4.78, 5) is 23.3. The van der Waals surface area contributed by atoms with Gasteiger partial charge in [0, 0.05) is 36.5 Å². The smallest absolute Gasteiger partial charge is 0.306 e. The van der Waals surface area contributed by atoms with Gasteiger partial charge in [0.05, 0.1) is 16.8 Å². The minimum absolute atomic E-state index is 0.239. The minimum atomic E-state index is -4.39. The maximum atomic E-state index is 12.8. The van der Waals surface area contributed by atoms with E-state index in [2.05, 4.69) is 39.1 Å². The Hall–Kier alpha value is -2.58. The molecular weight excluding hydrogens is 411 g/mol. The van der Waals surface area contributed by atoms with Crippen molar-refractivity contribution in [3.63, 3.8) is 0 Å². The zero-order valence-electron chi connectivity index (χ0n) is 16.3. The van der Waals surface area contributed by atoms with Gasteiger partial charge in [0.25, 0.3) is 5.56 Å². The predicted molar refractivity (Wildman–Crippen MR) is 111 cm³/mol. The largest absolute Gasteiger partial charge is 0.416 e. The first-order valence-electron chi connectivity index (χ1n) is 9.48. The van der Waals surface area contributed by atoms with Crippen LogP contribution in [0.15, 0.2) is 58.2 Å². The maximum absolute atomic E-state index is 12.8. The predicted octanol–water partition coefficient (Wildman–Crippen LogP) is 4.74. The van der Waals surface area contributed by atoms with Gasteiger partial charge < -0.3 is 4.98 Å². The standard InChI is InChI=1S/C22H20F3N3OS/c1-30-17-8-2-14(3-9-17)12-28-11-10-19-18(13-28)21(29)27-20(26-19)15-4-6-16(7-5-15)22(23,24)25/h2-9H,10-13H2,1H3,(H,26,27,29). The number of alkyl halides is 3. The quantitative estimate of drug-likeness (QED) is 0.607. The van der Waals surface area contributed by atoms with E-state index in [1.54, 1.807) is 11.8 Å². The van der Waals surface area contributed by atoms with Crippen LogP contribution in [-0.4, -0.2) is 27.7 Å². The van der Waals surface area contributed by atoms with E-state index in [0.717, 1.165) is 25.2 Å². The Kier molecular flexibility index (Phi) is 5.71. The third-order valence-electron chi connectivity index (χ3n) is 5.20. The number of benzene rings is 2. The molecule has 1 aliphatic rings. The number of hydrogen-bond acceptors (Lipinski definition) is 4. The highest BCUT2D eigenvalue weighted by molar-refractivity contribution is 7.98. The average Bonchev–Trinajstić information content (AvgIpc) is 2.74. The number of aromatic amines is 1. The fourth-order valence-electron chi connectivity index (χ4n) is 3.56. The van der Waals surface area contributed by atoms with Gasteiger partial charge >= 0.3 is 6.18 Å². The zero-order valence-corrected chi connectivity index (χ0v) is 17.1. The van der Waals surface area contributed by atoms with Crippen molar-refractivity contribution >= 4 is 11.8 Å². The van der Waals surface area contributed by atoms with Crippen LogP contribution in [0.2, 0.25) is 0 Å². The number of halogens is 3. The summed E-state index contributed by atoms with van der Waals surface area (Å²) >= 11 is 1.69. The first kappa shape index (κ1) is 20.7. The second-order valence-electron chi connectivity index (χ2n) is 7.22. The molecule has 30 heavy (non-hydrogen) atoms. The van der Waals surface area contributed by atoms with Crippen LogP contribution in [0.4, 0.5) is 13.2 Å². The fourth-order valence-corrected chi connectivity index (χ4v) is 3.97. The van der Waals surface area contributed by atoms with E-state index >= 15 is 0 Å². The van der Waals surface area contributed by atoms with Crippen LogP contribution in [0.25, 0.3) is 11.4 Å². The fraction of sp³-hybridized carbons (Fsp3) is 0.273. The normalized spacial score (nSPS) is 14.5. The highest BCUT2D eigenvalue weighted by Gasteiger charge is 2.30. The van der Waals surface area contributed by atoms with Crippen molar-refractivity contribution in [1.82, 2.24) is 14.9 Å². The van der Waals surface area contributed by atoms with E-state index in [1.807, 2.05) is 6.26 Å². The SMILES string of the molecule is CSc1ccc(CN2CCc3nc(-c4ccc(C(F)(F)F)cc4)[nH]c(=O)c3C2)cc1. The lowest BCUT2D eigenvalue weighted by Gasteiger charge is -2.27. The van der Waals surface area contributed by atoms with E-state index < -0.39 is 11.7 Å². The van der Waals surface area contributed by atoms with Crippen LogP contribution in [-0.2, 0) is 25.7 Å². The van der Waals surface area contributed by atoms with Crippen LogP contribution < -0.4 is 5.56 Å². The summed E-state index contributed by atoms with van der Waals surface area (Å²) in [6, 6.07) is 13.0. The second-order valence-corrected chi connectivity index (χ2v) is 8.10. The topological polar surface area (TPSA) is 49.0 Å². The average molecular weight is 431 g/mol. The Morgan fingerprint density at radius 1 is 1.10 bits per heavy atom. The molecule has 1 aliphatic heterocycles. The number of hydrogen-bond donors (Lipinski definition) is 1. The first-order chi connectivity index (χ1) is 14.3. The molecule has 1 aromatic heterocycles. The van der Waals surface area contributed by atoms with Gasteiger partial charge in [0.15, 0.2) is 0 Å². The number of rotatable bonds is 4. The molecular formula is C22H20F3N3OS. The Labute approximate surface area is 176 Å². The molecule has 3 aromatic rings. The summed E-state index contributed by atoms with van der Waals surface area (Å²) in [6.07, 6.45) is -1.74. The Morgan fingerprint density at radius 2 is 1.80 bits per heavy atom. The third-order valence-corrected chi connectivity index (χ3v) is 5.94. The number of thioether (sulfide) groups is 1. The van der Waals surface area contributed by atoms with Crippen LogP contribution in [0.5, 0.6) is 0 Å². The zero-order chi connectivity index (χ0) is 21.3. The molecule has 156 valence electrons. The van der Waals surface area contributed by atoms with E-state index in [1.165, 1.54) is 22.6 Å². The molecule has 8 heteroatoms. The lowest BCUT2D eigenvalue weighted by atomic mass is 10.0. The molecule has 0 saturated heterocycles. The number of H-pyrrole nitrogens is 1. The van der Waals surface area contributed by atoms with Gasteiger partial charge in [0.2, 0.25) is 0 Å². The number of nitrogens with one attached hydrogen (secondary N) is 1. The Balaban J connectivity index is 1.53. The van der Waals surface area contributed by atoms with Crippen LogP contribution in [0.1, 0.15) is 22.4 Å². The molecule has 1 N–H and O–H groups in total. The van der Waals surface area contributed by atoms with Gasteiger partial charge in [-0.3, -0.25) is 9.69 Å². The van der Waals surface area contributed by atoms with E-state index in [0.29, 0.717) is 35.6 Å². The van der Waals surface area contributed by atoms with Crippen molar-refractivity contribution in [2.75, 3.05) is 12.8 Å². The molecule has 4 nitrogen and oxygen atoms in total. The van der Waals surface area contributed by atoms with Crippen molar-refractivity contribution in [2.24, 2.45) is 0 Å². The highest BCUT2D eigenvalue weighted by Crippen LogP contribution is 2.30. The monoisotopic (exact) mass is 431 g/mol. The number of nitrogens with zero attached hydrogens (tertiary/aromatic N) is 2. The first-order valence-corrected chi connectivity index (χ1v) is 10.7. The molecule has 0 saturated carbocycles. The summed E-state index contributed by atoms with van der Waals surface area (Å²) in [7, 11) is 0. The minimum Gasteiger partial charge on any atom is -0.306 e. The van der Waals surface area contributed by atoms with E-state index in [9.17, 15) is 18.0 Å². The van der Waals surface area contributed by atoms with Crippen molar-refractivity contribution < 1.29 is 13.2 Å². The van der Waals surface area contributed by atoms with E-state index in [-0.39, 0.29) is 5.56 Å². The molecule has 0 atom stereocenters. The summed E-state index contributed by atoms with van der Waals surface area (Å²) < 4.78 is 38.3. The van der Waals surface area contributed by atoms with Crippen molar-refractivity contribution in [3.05, 3.63) is 81.3 Å². The molecule has 0 bridgehead atoms. The third kappa shape index (κ3) is 4.44.